The van der Waals surface area contributed by atoms with Crippen LogP contribution in [0, 0.1) is 0 Å². The number of halogens is 3. The molecule has 1 unspecified atom stereocenters. The monoisotopic (exact) mass is 644 g/mol. The Morgan fingerprint density at radius 1 is 1.05 bits per heavy atom. The van der Waals surface area contributed by atoms with Crippen LogP contribution in [0.15, 0.2) is 75.4 Å². The van der Waals surface area contributed by atoms with Crippen molar-refractivity contribution in [3.05, 3.63) is 71.9 Å². The summed E-state index contributed by atoms with van der Waals surface area (Å²) in [4.78, 5) is 5.82. The number of anilines is 1. The van der Waals surface area contributed by atoms with Crippen LogP contribution in [0.25, 0.3) is 0 Å². The Labute approximate surface area is 247 Å². The first-order valence-electron chi connectivity index (χ1n) is 13.3. The van der Waals surface area contributed by atoms with Crippen molar-refractivity contribution in [2.75, 3.05) is 31.1 Å². The highest BCUT2D eigenvalue weighted by atomic mass is 32.2. The molecule has 0 radical (unpaired) electrons. The third-order valence-electron chi connectivity index (χ3n) is 7.96. The first kappa shape index (κ1) is 30.9. The largest absolute Gasteiger partial charge is 0.421 e. The fourth-order valence-corrected chi connectivity index (χ4v) is 9.48. The summed E-state index contributed by atoms with van der Waals surface area (Å²) in [6.07, 6.45) is 0.0385. The third kappa shape index (κ3) is 5.82. The molecule has 1 aliphatic carbocycles. The number of alkyl halides is 3. The summed E-state index contributed by atoms with van der Waals surface area (Å²) in [5.74, 6) is 0. The van der Waals surface area contributed by atoms with Gasteiger partial charge in [-0.25, -0.2) is 16.8 Å². The number of thiophene rings is 1. The first-order valence-corrected chi connectivity index (χ1v) is 17.1. The molecular weight excluding hydrogens is 614 g/mol. The molecule has 9 nitrogen and oxygen atoms in total. The Morgan fingerprint density at radius 2 is 1.76 bits per heavy atom. The number of sulfonamides is 2. The van der Waals surface area contributed by atoms with E-state index < -0.39 is 37.9 Å². The van der Waals surface area contributed by atoms with Gasteiger partial charge in [-0.05, 0) is 61.0 Å². The molecule has 0 spiro atoms. The number of hydrogen-bond donors (Lipinski definition) is 1. The van der Waals surface area contributed by atoms with Crippen LogP contribution < -0.4 is 4.90 Å². The van der Waals surface area contributed by atoms with E-state index in [4.69, 9.17) is 0 Å². The maximum Gasteiger partial charge on any atom is 0.421 e. The maximum absolute atomic E-state index is 13.8. The number of benzene rings is 1. The molecule has 1 aromatic carbocycles. The van der Waals surface area contributed by atoms with Crippen molar-refractivity contribution in [2.45, 2.75) is 59.2 Å². The SMILES string of the molecule is CC(O)(c1ccc(N2CCN(S(=O)(=O)c3cccs3)C[C@@H]2CN(C2CCC2)S(=O)(=O)c2cccnc2)cc1)C(F)(F)F. The van der Waals surface area contributed by atoms with Gasteiger partial charge in [0.05, 0.1) is 6.04 Å². The summed E-state index contributed by atoms with van der Waals surface area (Å²) in [5.41, 5.74) is -2.91. The molecule has 3 aromatic rings. The molecular formula is C27H31F3N4O5S3. The molecule has 15 heteroatoms. The number of piperazine rings is 1. The van der Waals surface area contributed by atoms with E-state index in [1.165, 1.54) is 63.5 Å². The molecule has 2 fully saturated rings. The summed E-state index contributed by atoms with van der Waals surface area (Å²) in [6, 6.07) is 10.5. The van der Waals surface area contributed by atoms with Crippen molar-refractivity contribution in [3.8, 4) is 0 Å². The second-order valence-corrected chi connectivity index (χ2v) is 15.6. The highest BCUT2D eigenvalue weighted by molar-refractivity contribution is 7.91. The lowest BCUT2D eigenvalue weighted by Gasteiger charge is -2.46. The number of nitrogens with zero attached hydrogens (tertiary/aromatic N) is 4. The standard InChI is InChI=1S/C27H31F3N4O5S3/c1-26(35,27(28,29)30)20-9-11-21(12-10-20)33-15-14-32(42(38,39)25-8-4-16-40-25)18-23(33)19-34(22-5-2-6-22)41(36,37)24-7-3-13-31-17-24/h3-4,7-13,16-17,22-23,35H,2,5-6,14-15,18-19H2,1H3/t23-,26?/m1/s1. The summed E-state index contributed by atoms with van der Waals surface area (Å²) >= 11 is 1.09. The summed E-state index contributed by atoms with van der Waals surface area (Å²) in [5, 5.41) is 11.8. The van der Waals surface area contributed by atoms with Gasteiger partial charge in [-0.1, -0.05) is 24.6 Å². The van der Waals surface area contributed by atoms with E-state index in [0.29, 0.717) is 25.5 Å². The van der Waals surface area contributed by atoms with Gasteiger partial charge in [-0.3, -0.25) is 4.98 Å². The second-order valence-electron chi connectivity index (χ2n) is 10.6. The van der Waals surface area contributed by atoms with Crippen LogP contribution in [0.4, 0.5) is 18.9 Å². The molecule has 1 aliphatic heterocycles. The molecule has 1 N–H and O–H groups in total. The molecule has 1 saturated heterocycles. The van der Waals surface area contributed by atoms with Crippen LogP contribution >= 0.6 is 11.3 Å². The zero-order valence-corrected chi connectivity index (χ0v) is 25.1. The third-order valence-corrected chi connectivity index (χ3v) is 13.1. The molecule has 2 atom stereocenters. The molecule has 0 bridgehead atoms. The molecule has 228 valence electrons. The maximum atomic E-state index is 13.8. The van der Waals surface area contributed by atoms with Gasteiger partial charge in [0, 0.05) is 50.3 Å². The van der Waals surface area contributed by atoms with Gasteiger partial charge in [0.25, 0.3) is 10.0 Å². The van der Waals surface area contributed by atoms with E-state index in [9.17, 15) is 35.1 Å². The van der Waals surface area contributed by atoms with E-state index in [0.717, 1.165) is 17.8 Å². The van der Waals surface area contributed by atoms with Crippen LogP contribution in [-0.2, 0) is 25.6 Å². The van der Waals surface area contributed by atoms with Crippen molar-refractivity contribution in [1.29, 1.82) is 0 Å². The van der Waals surface area contributed by atoms with E-state index in [1.54, 1.807) is 11.4 Å². The summed E-state index contributed by atoms with van der Waals surface area (Å²) in [6.45, 7) is 0.875. The fraction of sp³-hybridized carbons (Fsp3) is 0.444. The molecule has 0 amide bonds. The topological polar surface area (TPSA) is 111 Å². The molecule has 42 heavy (non-hydrogen) atoms. The Kier molecular flexibility index (Phi) is 8.46. The fourth-order valence-electron chi connectivity index (χ4n) is 5.18. The summed E-state index contributed by atoms with van der Waals surface area (Å²) in [7, 11) is -7.83. The van der Waals surface area contributed by atoms with Gasteiger partial charge in [0.1, 0.15) is 9.10 Å². The Morgan fingerprint density at radius 3 is 2.31 bits per heavy atom. The van der Waals surface area contributed by atoms with Crippen LogP contribution in [0.3, 0.4) is 0 Å². The zero-order valence-electron chi connectivity index (χ0n) is 22.7. The lowest BCUT2D eigenvalue weighted by molar-refractivity contribution is -0.258. The minimum atomic E-state index is -4.89. The predicted octanol–water partition coefficient (Wildman–Crippen LogP) is 4.04. The number of aromatic nitrogens is 1. The number of pyridine rings is 1. The quantitative estimate of drug-likeness (QED) is 0.375. The molecule has 5 rings (SSSR count). The second kappa shape index (κ2) is 11.5. The first-order chi connectivity index (χ1) is 19.7. The van der Waals surface area contributed by atoms with Crippen LogP contribution in [0.2, 0.25) is 0 Å². The van der Waals surface area contributed by atoms with Gasteiger partial charge in [0.2, 0.25) is 10.0 Å². The predicted molar refractivity (Wildman–Crippen MR) is 152 cm³/mol. The Bertz CT molecular complexity index is 1580. The van der Waals surface area contributed by atoms with Crippen molar-refractivity contribution >= 4 is 37.1 Å². The van der Waals surface area contributed by atoms with Gasteiger partial charge in [0.15, 0.2) is 5.60 Å². The van der Waals surface area contributed by atoms with E-state index in [1.807, 2.05) is 4.90 Å². The highest BCUT2D eigenvalue weighted by Gasteiger charge is 2.51. The minimum Gasteiger partial charge on any atom is -0.376 e. The number of rotatable bonds is 9. The Balaban J connectivity index is 1.50. The molecule has 1 saturated carbocycles. The van der Waals surface area contributed by atoms with Gasteiger partial charge < -0.3 is 10.0 Å². The van der Waals surface area contributed by atoms with Crippen LogP contribution in [0.1, 0.15) is 31.7 Å². The average molecular weight is 645 g/mol. The van der Waals surface area contributed by atoms with E-state index in [-0.39, 0.29) is 46.9 Å². The van der Waals surface area contributed by atoms with E-state index >= 15 is 0 Å². The molecule has 2 aliphatic rings. The van der Waals surface area contributed by atoms with Crippen molar-refractivity contribution in [3.63, 3.8) is 0 Å². The minimum absolute atomic E-state index is 0.0288. The van der Waals surface area contributed by atoms with Crippen LogP contribution in [0.5, 0.6) is 0 Å². The molecule has 2 aromatic heterocycles. The number of aliphatic hydroxyl groups is 1. The Hall–Kier alpha value is -2.56. The smallest absolute Gasteiger partial charge is 0.376 e. The van der Waals surface area contributed by atoms with Crippen molar-refractivity contribution < 1.29 is 35.1 Å². The van der Waals surface area contributed by atoms with Crippen molar-refractivity contribution in [1.82, 2.24) is 13.6 Å². The lowest BCUT2D eigenvalue weighted by Crippen LogP contribution is -2.60. The van der Waals surface area contributed by atoms with Crippen molar-refractivity contribution in [2.24, 2.45) is 0 Å². The number of hydrogen-bond acceptors (Lipinski definition) is 8. The average Bonchev–Trinajstić information content (AvgIpc) is 3.48. The normalized spacial score (nSPS) is 20.8. The van der Waals surface area contributed by atoms with Gasteiger partial charge in [-0.2, -0.15) is 21.8 Å². The van der Waals surface area contributed by atoms with Gasteiger partial charge >= 0.3 is 6.18 Å². The highest BCUT2D eigenvalue weighted by Crippen LogP contribution is 2.39. The molecule has 3 heterocycles. The van der Waals surface area contributed by atoms with E-state index in [2.05, 4.69) is 4.98 Å². The lowest BCUT2D eigenvalue weighted by atomic mass is 9.92. The summed E-state index contributed by atoms with van der Waals surface area (Å²) < 4.78 is 97.7. The zero-order chi connectivity index (χ0) is 30.3. The van der Waals surface area contributed by atoms with Gasteiger partial charge in [-0.15, -0.1) is 11.3 Å². The van der Waals surface area contributed by atoms with Crippen LogP contribution in [-0.4, -0.2) is 80.0 Å².